The first-order chi connectivity index (χ1) is 16.4. The largest absolute Gasteiger partial charge is 0.467 e. The van der Waals surface area contributed by atoms with Crippen LogP contribution >= 0.6 is 11.8 Å². The zero-order valence-corrected chi connectivity index (χ0v) is 20.4. The van der Waals surface area contributed by atoms with Crippen LogP contribution in [0, 0.1) is 12.8 Å². The summed E-state index contributed by atoms with van der Waals surface area (Å²) in [6, 6.07) is 8.85. The molecule has 2 aromatic heterocycles. The van der Waals surface area contributed by atoms with E-state index in [4.69, 9.17) is 9.15 Å². The Balaban J connectivity index is 1.47. The molecule has 1 fully saturated rings. The number of piperidine rings is 1. The number of nitrogens with one attached hydrogen (secondary N) is 1. The van der Waals surface area contributed by atoms with E-state index >= 15 is 0 Å². The van der Waals surface area contributed by atoms with E-state index in [1.165, 1.54) is 18.9 Å². The highest BCUT2D eigenvalue weighted by atomic mass is 32.2. The summed E-state index contributed by atoms with van der Waals surface area (Å²) in [4.78, 5) is 26.8. The number of thioether (sulfide) groups is 1. The smallest absolute Gasteiger partial charge is 0.337 e. The number of aryl methyl sites for hydroxylation is 1. The lowest BCUT2D eigenvalue weighted by atomic mass is 10.00. The van der Waals surface area contributed by atoms with Gasteiger partial charge in [0, 0.05) is 18.8 Å². The van der Waals surface area contributed by atoms with Gasteiger partial charge in [-0.15, -0.1) is 10.2 Å². The first-order valence-electron chi connectivity index (χ1n) is 11.3. The molecule has 1 aliphatic heterocycles. The number of amides is 1. The van der Waals surface area contributed by atoms with E-state index in [2.05, 4.69) is 27.3 Å². The number of furan rings is 1. The average Bonchev–Trinajstić information content (AvgIpc) is 3.49. The highest BCUT2D eigenvalue weighted by molar-refractivity contribution is 7.99. The summed E-state index contributed by atoms with van der Waals surface area (Å²) < 4.78 is 12.3. The van der Waals surface area contributed by atoms with Crippen molar-refractivity contribution in [3.05, 3.63) is 53.5 Å². The standard InChI is InChI=1S/C24H29N5O4S/c1-16-8-10-28(11-9-16)23-26-27-24(29(23)14-19-5-4-12-33-19)34-15-21(30)25-20-13-18(22(31)32-3)7-6-17(20)2/h4-7,12-13,16H,8-11,14-15H2,1-3H3,(H,25,30). The molecule has 3 aromatic rings. The third-order valence-corrected chi connectivity index (χ3v) is 6.89. The molecule has 0 spiro atoms. The maximum Gasteiger partial charge on any atom is 0.337 e. The summed E-state index contributed by atoms with van der Waals surface area (Å²) in [7, 11) is 1.33. The van der Waals surface area contributed by atoms with Crippen LogP contribution in [-0.4, -0.2) is 52.6 Å². The minimum atomic E-state index is -0.449. The Morgan fingerprint density at radius 2 is 2.03 bits per heavy atom. The maximum absolute atomic E-state index is 12.7. The van der Waals surface area contributed by atoms with Crippen LogP contribution < -0.4 is 10.2 Å². The number of benzene rings is 1. The summed E-state index contributed by atoms with van der Waals surface area (Å²) in [6.07, 6.45) is 3.87. The van der Waals surface area contributed by atoms with Crippen LogP contribution in [0.4, 0.5) is 11.6 Å². The van der Waals surface area contributed by atoms with E-state index < -0.39 is 5.97 Å². The SMILES string of the molecule is COC(=O)c1ccc(C)c(NC(=O)CSc2nnc(N3CCC(C)CC3)n2Cc2ccco2)c1. The topological polar surface area (TPSA) is 102 Å². The summed E-state index contributed by atoms with van der Waals surface area (Å²) in [6.45, 7) is 6.49. The van der Waals surface area contributed by atoms with Crippen molar-refractivity contribution in [1.82, 2.24) is 14.8 Å². The third kappa shape index (κ3) is 5.61. The van der Waals surface area contributed by atoms with Crippen molar-refractivity contribution in [3.8, 4) is 0 Å². The molecule has 1 aliphatic rings. The molecule has 4 rings (SSSR count). The van der Waals surface area contributed by atoms with Gasteiger partial charge in [-0.3, -0.25) is 9.36 Å². The highest BCUT2D eigenvalue weighted by Crippen LogP contribution is 2.27. The molecule has 180 valence electrons. The number of carbonyl (C=O) groups is 2. The molecule has 0 bridgehead atoms. The van der Waals surface area contributed by atoms with Gasteiger partial charge in [0.1, 0.15) is 5.76 Å². The van der Waals surface area contributed by atoms with Gasteiger partial charge in [-0.25, -0.2) is 4.79 Å². The molecule has 34 heavy (non-hydrogen) atoms. The Kier molecular flexibility index (Phi) is 7.56. The van der Waals surface area contributed by atoms with Crippen molar-refractivity contribution in [1.29, 1.82) is 0 Å². The number of hydrogen-bond donors (Lipinski definition) is 1. The molecule has 1 amide bonds. The first-order valence-corrected chi connectivity index (χ1v) is 12.2. The quantitative estimate of drug-likeness (QED) is 0.379. The fraction of sp³-hybridized carbons (Fsp3) is 0.417. The number of esters is 1. The Bertz CT molecular complexity index is 1140. The molecule has 1 N–H and O–H groups in total. The monoisotopic (exact) mass is 483 g/mol. The fourth-order valence-corrected chi connectivity index (χ4v) is 4.58. The number of anilines is 2. The van der Waals surface area contributed by atoms with Crippen molar-refractivity contribution in [2.75, 3.05) is 36.2 Å². The summed E-state index contributed by atoms with van der Waals surface area (Å²) in [5.41, 5.74) is 1.82. The minimum absolute atomic E-state index is 0.148. The van der Waals surface area contributed by atoms with E-state index in [0.29, 0.717) is 28.9 Å². The normalized spacial score (nSPS) is 14.3. The Morgan fingerprint density at radius 3 is 2.74 bits per heavy atom. The van der Waals surface area contributed by atoms with E-state index in [-0.39, 0.29) is 11.7 Å². The molecule has 9 nitrogen and oxygen atoms in total. The number of hydrogen-bond acceptors (Lipinski definition) is 8. The second-order valence-corrected chi connectivity index (χ2v) is 9.42. The van der Waals surface area contributed by atoms with Crippen molar-refractivity contribution < 1.29 is 18.7 Å². The van der Waals surface area contributed by atoms with E-state index in [1.807, 2.05) is 23.6 Å². The fourth-order valence-electron chi connectivity index (χ4n) is 3.84. The Hall–Kier alpha value is -3.27. The molecule has 0 atom stereocenters. The summed E-state index contributed by atoms with van der Waals surface area (Å²) in [5, 5.41) is 12.4. The number of nitrogens with zero attached hydrogens (tertiary/aromatic N) is 4. The van der Waals surface area contributed by atoms with Gasteiger partial charge in [0.2, 0.25) is 11.9 Å². The minimum Gasteiger partial charge on any atom is -0.467 e. The average molecular weight is 484 g/mol. The van der Waals surface area contributed by atoms with Crippen molar-refractivity contribution in [3.63, 3.8) is 0 Å². The van der Waals surface area contributed by atoms with Gasteiger partial charge in [-0.2, -0.15) is 0 Å². The van der Waals surface area contributed by atoms with Crippen LogP contribution in [0.1, 0.15) is 41.4 Å². The van der Waals surface area contributed by atoms with Crippen molar-refractivity contribution in [2.45, 2.75) is 38.4 Å². The maximum atomic E-state index is 12.7. The van der Waals surface area contributed by atoms with Crippen LogP contribution in [0.2, 0.25) is 0 Å². The predicted molar refractivity (Wildman–Crippen MR) is 130 cm³/mol. The van der Waals surface area contributed by atoms with Crippen LogP contribution in [0.15, 0.2) is 46.2 Å². The van der Waals surface area contributed by atoms with Gasteiger partial charge in [0.15, 0.2) is 5.16 Å². The Labute approximate surface area is 202 Å². The van der Waals surface area contributed by atoms with Crippen LogP contribution in [0.25, 0.3) is 0 Å². The molecule has 10 heteroatoms. The molecular formula is C24H29N5O4S. The molecule has 0 aliphatic carbocycles. The second-order valence-electron chi connectivity index (χ2n) is 8.48. The van der Waals surface area contributed by atoms with Crippen LogP contribution in [-0.2, 0) is 16.1 Å². The van der Waals surface area contributed by atoms with Crippen molar-refractivity contribution in [2.24, 2.45) is 5.92 Å². The van der Waals surface area contributed by atoms with Crippen molar-refractivity contribution >= 4 is 35.3 Å². The first kappa shape index (κ1) is 23.9. The lowest BCUT2D eigenvalue weighted by molar-refractivity contribution is -0.113. The van der Waals surface area contributed by atoms with Gasteiger partial charge < -0.3 is 19.4 Å². The zero-order valence-electron chi connectivity index (χ0n) is 19.6. The molecule has 3 heterocycles. The van der Waals surface area contributed by atoms with E-state index in [0.717, 1.165) is 43.2 Å². The van der Waals surface area contributed by atoms with Crippen LogP contribution in [0.5, 0.6) is 0 Å². The predicted octanol–water partition coefficient (Wildman–Crippen LogP) is 3.98. The van der Waals surface area contributed by atoms with Gasteiger partial charge in [0.25, 0.3) is 0 Å². The number of ether oxygens (including phenoxy) is 1. The lowest BCUT2D eigenvalue weighted by Crippen LogP contribution is -2.35. The van der Waals surface area contributed by atoms with Gasteiger partial charge in [0.05, 0.1) is 31.2 Å². The second kappa shape index (κ2) is 10.8. The summed E-state index contributed by atoms with van der Waals surface area (Å²) in [5.74, 6) is 1.80. The lowest BCUT2D eigenvalue weighted by Gasteiger charge is -2.31. The Morgan fingerprint density at radius 1 is 1.24 bits per heavy atom. The van der Waals surface area contributed by atoms with Gasteiger partial charge >= 0.3 is 5.97 Å². The number of aromatic nitrogens is 3. The van der Waals surface area contributed by atoms with Crippen LogP contribution in [0.3, 0.4) is 0 Å². The third-order valence-electron chi connectivity index (χ3n) is 5.92. The summed E-state index contributed by atoms with van der Waals surface area (Å²) >= 11 is 1.32. The number of methoxy groups -OCH3 is 1. The molecule has 1 aromatic carbocycles. The van der Waals surface area contributed by atoms with Gasteiger partial charge in [-0.1, -0.05) is 24.8 Å². The molecule has 0 saturated carbocycles. The highest BCUT2D eigenvalue weighted by Gasteiger charge is 2.24. The van der Waals surface area contributed by atoms with E-state index in [9.17, 15) is 9.59 Å². The number of carbonyl (C=O) groups excluding carboxylic acids is 2. The molecule has 1 saturated heterocycles. The number of rotatable bonds is 8. The van der Waals surface area contributed by atoms with Gasteiger partial charge in [-0.05, 0) is 55.5 Å². The van der Waals surface area contributed by atoms with E-state index in [1.54, 1.807) is 24.5 Å². The molecular weight excluding hydrogens is 454 g/mol. The molecule has 0 unspecified atom stereocenters. The molecule has 0 radical (unpaired) electrons. The zero-order chi connectivity index (χ0) is 24.1.